The van der Waals surface area contributed by atoms with Crippen LogP contribution in [0.4, 0.5) is 0 Å². The number of likely N-dealkylation sites (tertiary alicyclic amines) is 1. The Balaban J connectivity index is 1.67. The van der Waals surface area contributed by atoms with Gasteiger partial charge in [-0.3, -0.25) is 10.00 Å². The van der Waals surface area contributed by atoms with Crippen molar-refractivity contribution in [3.63, 3.8) is 0 Å². The summed E-state index contributed by atoms with van der Waals surface area (Å²) in [6, 6.07) is 4.18. The van der Waals surface area contributed by atoms with E-state index in [0.29, 0.717) is 11.6 Å². The van der Waals surface area contributed by atoms with Crippen molar-refractivity contribution in [2.45, 2.75) is 25.3 Å². The molecule has 1 aliphatic rings. The average Bonchev–Trinajstić information content (AvgIpc) is 3.09. The van der Waals surface area contributed by atoms with Gasteiger partial charge in [-0.1, -0.05) is 0 Å². The maximum Gasteiger partial charge on any atom is 0.137 e. The van der Waals surface area contributed by atoms with Gasteiger partial charge in [0.2, 0.25) is 0 Å². The third-order valence-corrected chi connectivity index (χ3v) is 3.91. The maximum absolute atomic E-state index is 9.00. The highest BCUT2D eigenvalue weighted by Gasteiger charge is 2.23. The van der Waals surface area contributed by atoms with Crippen molar-refractivity contribution < 1.29 is 0 Å². The van der Waals surface area contributed by atoms with Gasteiger partial charge in [-0.05, 0) is 31.0 Å². The van der Waals surface area contributed by atoms with Crippen LogP contribution in [0.3, 0.4) is 0 Å². The topological polar surface area (TPSA) is 73.5 Å². The van der Waals surface area contributed by atoms with Crippen LogP contribution in [0.25, 0.3) is 0 Å². The minimum absolute atomic E-state index is 0.436. The zero-order valence-corrected chi connectivity index (χ0v) is 11.6. The summed E-state index contributed by atoms with van der Waals surface area (Å²) in [7, 11) is 1.91. The van der Waals surface area contributed by atoms with Crippen LogP contribution >= 0.6 is 0 Å². The van der Waals surface area contributed by atoms with Crippen molar-refractivity contribution in [2.24, 2.45) is 7.05 Å². The Labute approximate surface area is 118 Å². The molecule has 3 rings (SSSR count). The lowest BCUT2D eigenvalue weighted by molar-refractivity contribution is 0.196. The molecule has 0 radical (unpaired) electrons. The largest absolute Gasteiger partial charge is 0.342 e. The van der Waals surface area contributed by atoms with Crippen molar-refractivity contribution >= 4 is 0 Å². The molecule has 1 atom stereocenters. The quantitative estimate of drug-likeness (QED) is 0.914. The molecular weight excluding hydrogens is 252 g/mol. The fourth-order valence-electron chi connectivity index (χ4n) is 2.92. The second-order valence-corrected chi connectivity index (χ2v) is 5.40. The number of rotatable bonds is 3. The van der Waals surface area contributed by atoms with E-state index in [2.05, 4.69) is 26.2 Å². The summed E-state index contributed by atoms with van der Waals surface area (Å²) in [5, 5.41) is 15.9. The Morgan fingerprint density at radius 3 is 3.15 bits per heavy atom. The van der Waals surface area contributed by atoms with E-state index in [1.54, 1.807) is 6.33 Å². The van der Waals surface area contributed by atoms with Gasteiger partial charge in [0.05, 0.1) is 0 Å². The summed E-state index contributed by atoms with van der Waals surface area (Å²) >= 11 is 0. The summed E-state index contributed by atoms with van der Waals surface area (Å²) in [6.45, 7) is 2.98. The molecule has 0 saturated carbocycles. The van der Waals surface area contributed by atoms with Crippen molar-refractivity contribution in [3.05, 3.63) is 35.7 Å². The number of hydrogen-bond acceptors (Lipinski definition) is 4. The van der Waals surface area contributed by atoms with Crippen LogP contribution in [0.2, 0.25) is 0 Å². The molecule has 2 aromatic rings. The molecule has 1 N–H and O–H groups in total. The number of aromatic amines is 1. The first-order valence-electron chi connectivity index (χ1n) is 6.89. The smallest absolute Gasteiger partial charge is 0.137 e. The van der Waals surface area contributed by atoms with E-state index < -0.39 is 0 Å². The lowest BCUT2D eigenvalue weighted by Gasteiger charge is -2.31. The molecule has 104 valence electrons. The molecule has 6 nitrogen and oxygen atoms in total. The van der Waals surface area contributed by atoms with E-state index in [9.17, 15) is 0 Å². The number of hydrogen-bond donors (Lipinski definition) is 1. The van der Waals surface area contributed by atoms with Gasteiger partial charge in [0, 0.05) is 32.3 Å². The van der Waals surface area contributed by atoms with E-state index in [4.69, 9.17) is 5.26 Å². The minimum Gasteiger partial charge on any atom is -0.342 e. The Hall–Kier alpha value is -2.13. The molecule has 0 spiro atoms. The highest BCUT2D eigenvalue weighted by molar-refractivity contribution is 5.28. The van der Waals surface area contributed by atoms with E-state index in [0.717, 1.165) is 31.9 Å². The Bertz CT molecular complexity index is 606. The predicted octanol–water partition coefficient (Wildman–Crippen LogP) is 1.39. The number of nitrogens with one attached hydrogen (secondary N) is 1. The molecule has 3 heterocycles. The van der Waals surface area contributed by atoms with Gasteiger partial charge < -0.3 is 4.57 Å². The zero-order chi connectivity index (χ0) is 13.9. The van der Waals surface area contributed by atoms with Crippen LogP contribution in [0.1, 0.15) is 35.8 Å². The van der Waals surface area contributed by atoms with Gasteiger partial charge in [-0.25, -0.2) is 4.98 Å². The number of piperidine rings is 1. The Morgan fingerprint density at radius 1 is 1.55 bits per heavy atom. The normalized spacial score (nSPS) is 19.9. The summed E-state index contributed by atoms with van der Waals surface area (Å²) in [5.74, 6) is 1.42. The van der Waals surface area contributed by atoms with Crippen molar-refractivity contribution in [1.82, 2.24) is 24.6 Å². The fourth-order valence-corrected chi connectivity index (χ4v) is 2.92. The molecule has 6 heteroatoms. The number of nitrogens with zero attached hydrogens (tertiary/aromatic N) is 5. The second kappa shape index (κ2) is 5.47. The summed E-state index contributed by atoms with van der Waals surface area (Å²) in [5.41, 5.74) is 1.91. The predicted molar refractivity (Wildman–Crippen MR) is 73.8 cm³/mol. The van der Waals surface area contributed by atoms with Gasteiger partial charge in [-0.15, -0.1) is 0 Å². The van der Waals surface area contributed by atoms with Crippen molar-refractivity contribution in [1.29, 1.82) is 5.26 Å². The first-order valence-corrected chi connectivity index (χ1v) is 6.89. The first kappa shape index (κ1) is 12.9. The Morgan fingerprint density at radius 2 is 2.45 bits per heavy atom. The van der Waals surface area contributed by atoms with Crippen LogP contribution in [0, 0.1) is 11.3 Å². The third kappa shape index (κ3) is 2.58. The van der Waals surface area contributed by atoms with Crippen LogP contribution in [0.5, 0.6) is 0 Å². The van der Waals surface area contributed by atoms with Gasteiger partial charge in [0.1, 0.15) is 23.9 Å². The second-order valence-electron chi connectivity index (χ2n) is 5.40. The van der Waals surface area contributed by atoms with E-state index in [1.165, 1.54) is 12.0 Å². The first-order chi connectivity index (χ1) is 9.76. The van der Waals surface area contributed by atoms with Crippen LogP contribution in [-0.4, -0.2) is 37.7 Å². The number of aromatic nitrogens is 4. The molecule has 20 heavy (non-hydrogen) atoms. The Kier molecular flexibility index (Phi) is 3.52. The van der Waals surface area contributed by atoms with Gasteiger partial charge >= 0.3 is 0 Å². The van der Waals surface area contributed by atoms with Crippen LogP contribution in [-0.2, 0) is 13.6 Å². The molecule has 2 aromatic heterocycles. The molecule has 0 aliphatic carbocycles. The zero-order valence-electron chi connectivity index (χ0n) is 11.6. The fraction of sp³-hybridized carbons (Fsp3) is 0.500. The SMILES string of the molecule is Cn1cc(CN2CCCC(c3ncn[nH]3)C2)cc1C#N. The van der Waals surface area contributed by atoms with Crippen LogP contribution < -0.4 is 0 Å². The minimum atomic E-state index is 0.436. The number of H-pyrrole nitrogens is 1. The lowest BCUT2D eigenvalue weighted by atomic mass is 9.97. The van der Waals surface area contributed by atoms with Crippen LogP contribution in [0.15, 0.2) is 18.6 Å². The maximum atomic E-state index is 9.00. The summed E-state index contributed by atoms with van der Waals surface area (Å²) in [6.07, 6.45) is 5.94. The van der Waals surface area contributed by atoms with Gasteiger partial charge in [0.25, 0.3) is 0 Å². The number of aryl methyl sites for hydroxylation is 1. The van der Waals surface area contributed by atoms with Crippen molar-refractivity contribution in [2.75, 3.05) is 13.1 Å². The highest BCUT2D eigenvalue weighted by Crippen LogP contribution is 2.25. The molecule has 0 bridgehead atoms. The monoisotopic (exact) mass is 270 g/mol. The lowest BCUT2D eigenvalue weighted by Crippen LogP contribution is -2.34. The molecule has 0 amide bonds. The van der Waals surface area contributed by atoms with Crippen molar-refractivity contribution in [3.8, 4) is 6.07 Å². The molecule has 1 aliphatic heterocycles. The third-order valence-electron chi connectivity index (χ3n) is 3.91. The van der Waals surface area contributed by atoms with E-state index >= 15 is 0 Å². The standard InChI is InChI=1S/C14H18N6/c1-19-7-11(5-13(19)6-15)8-20-4-2-3-12(9-20)14-16-10-17-18-14/h5,7,10,12H,2-4,8-9H2,1H3,(H,16,17,18). The summed E-state index contributed by atoms with van der Waals surface area (Å²) in [4.78, 5) is 6.70. The van der Waals surface area contributed by atoms with Gasteiger partial charge in [0.15, 0.2) is 0 Å². The molecule has 0 aromatic carbocycles. The van der Waals surface area contributed by atoms with Gasteiger partial charge in [-0.2, -0.15) is 10.4 Å². The highest BCUT2D eigenvalue weighted by atomic mass is 15.2. The molecular formula is C14H18N6. The molecule has 1 fully saturated rings. The van der Waals surface area contributed by atoms with E-state index in [-0.39, 0.29) is 0 Å². The molecule has 1 saturated heterocycles. The number of nitriles is 1. The molecule has 1 unspecified atom stereocenters. The summed E-state index contributed by atoms with van der Waals surface area (Å²) < 4.78 is 1.88. The van der Waals surface area contributed by atoms with E-state index in [1.807, 2.05) is 23.9 Å². The average molecular weight is 270 g/mol.